The third-order valence-corrected chi connectivity index (χ3v) is 4.16. The van der Waals surface area contributed by atoms with Crippen LogP contribution < -0.4 is 0 Å². The largest absolute Gasteiger partial charge is 0.508 e. The lowest BCUT2D eigenvalue weighted by Crippen LogP contribution is -1.85. The number of aliphatic hydroxyl groups excluding tert-OH is 1. The van der Waals surface area contributed by atoms with Gasteiger partial charge in [0.15, 0.2) is 5.76 Å². The number of hydrogen-bond acceptors (Lipinski definition) is 3. The number of epoxide rings is 1. The normalized spacial score (nSPS) is 17.3. The Morgan fingerprint density at radius 2 is 1.46 bits per heavy atom. The highest BCUT2D eigenvalue weighted by molar-refractivity contribution is 5.80. The number of aliphatic hydroxyl groups is 1. The molecule has 0 bridgehead atoms. The molecular weight excluding hydrogens is 304 g/mol. The van der Waals surface area contributed by atoms with E-state index >= 15 is 0 Å². The van der Waals surface area contributed by atoms with Crippen molar-refractivity contribution in [2.45, 2.75) is 84.0 Å². The van der Waals surface area contributed by atoms with Crippen LogP contribution in [0.1, 0.15) is 84.0 Å². The van der Waals surface area contributed by atoms with Gasteiger partial charge < -0.3 is 14.9 Å². The van der Waals surface area contributed by atoms with Crippen molar-refractivity contribution in [3.8, 4) is 0 Å². The Labute approximate surface area is 145 Å². The van der Waals surface area contributed by atoms with Gasteiger partial charge in [0, 0.05) is 12.5 Å². The van der Waals surface area contributed by atoms with Crippen LogP contribution in [0.2, 0.25) is 0 Å². The smallest absolute Gasteiger partial charge is 0.328 e. The van der Waals surface area contributed by atoms with Gasteiger partial charge in [-0.15, -0.1) is 0 Å². The number of allylic oxidation sites excluding steroid dienone is 3. The monoisotopic (exact) mass is 336 g/mol. The number of rotatable bonds is 14. The zero-order chi connectivity index (χ0) is 17.6. The Kier molecular flexibility index (Phi) is 10.7. The summed E-state index contributed by atoms with van der Waals surface area (Å²) in [5.74, 6) is 0.356. The Balaban J connectivity index is 1.98. The topological polar surface area (TPSA) is 70.1 Å². The van der Waals surface area contributed by atoms with Crippen molar-refractivity contribution in [1.29, 1.82) is 0 Å². The van der Waals surface area contributed by atoms with Crippen molar-refractivity contribution in [3.63, 3.8) is 0 Å². The van der Waals surface area contributed by atoms with Gasteiger partial charge in [-0.1, -0.05) is 77.2 Å². The van der Waals surface area contributed by atoms with Crippen molar-refractivity contribution in [1.82, 2.24) is 0 Å². The fraction of sp³-hybridized carbons (Fsp3) is 0.650. The van der Waals surface area contributed by atoms with E-state index in [2.05, 4.69) is 6.92 Å². The predicted octanol–water partition coefficient (Wildman–Crippen LogP) is 6.01. The van der Waals surface area contributed by atoms with E-state index < -0.39 is 5.97 Å². The lowest BCUT2D eigenvalue weighted by atomic mass is 10.0. The van der Waals surface area contributed by atoms with E-state index in [0.717, 1.165) is 18.9 Å². The highest BCUT2D eigenvalue weighted by atomic mass is 16.6. The molecule has 2 N–H and O–H groups in total. The van der Waals surface area contributed by atoms with Crippen LogP contribution in [-0.4, -0.2) is 16.2 Å². The minimum atomic E-state index is -0.997. The van der Waals surface area contributed by atoms with Gasteiger partial charge in [-0.05, 0) is 12.5 Å². The van der Waals surface area contributed by atoms with Gasteiger partial charge in [-0.25, -0.2) is 4.79 Å². The molecule has 0 amide bonds. The minimum Gasteiger partial charge on any atom is -0.508 e. The minimum absolute atomic E-state index is 0.279. The van der Waals surface area contributed by atoms with Crippen LogP contribution in [0, 0.1) is 0 Å². The predicted molar refractivity (Wildman–Crippen MR) is 96.7 cm³/mol. The maximum atomic E-state index is 10.3. The number of carbonyl (C=O) groups is 1. The van der Waals surface area contributed by atoms with Gasteiger partial charge in [0.05, 0.1) is 0 Å². The molecule has 0 aromatic carbocycles. The van der Waals surface area contributed by atoms with Crippen molar-refractivity contribution < 1.29 is 19.7 Å². The van der Waals surface area contributed by atoms with E-state index in [-0.39, 0.29) is 5.76 Å². The van der Waals surface area contributed by atoms with Crippen molar-refractivity contribution in [2.75, 3.05) is 0 Å². The summed E-state index contributed by atoms with van der Waals surface area (Å²) in [6, 6.07) is 0. The first-order valence-electron chi connectivity index (χ1n) is 9.36. The Hall–Kier alpha value is -1.71. The molecule has 24 heavy (non-hydrogen) atoms. The third-order valence-electron chi connectivity index (χ3n) is 4.16. The van der Waals surface area contributed by atoms with Crippen LogP contribution in [-0.2, 0) is 9.53 Å². The molecule has 1 heterocycles. The van der Waals surface area contributed by atoms with Crippen LogP contribution in [0.4, 0.5) is 0 Å². The molecule has 136 valence electrons. The molecule has 1 aliphatic heterocycles. The van der Waals surface area contributed by atoms with E-state index in [1.54, 1.807) is 6.08 Å². The zero-order valence-electron chi connectivity index (χ0n) is 14.9. The molecule has 0 unspecified atom stereocenters. The Bertz CT molecular complexity index is 460. The zero-order valence-corrected chi connectivity index (χ0v) is 14.9. The molecular formula is C20H32O4. The van der Waals surface area contributed by atoms with E-state index in [4.69, 9.17) is 9.84 Å². The Morgan fingerprint density at radius 3 is 2.00 bits per heavy atom. The first-order valence-corrected chi connectivity index (χ1v) is 9.36. The summed E-state index contributed by atoms with van der Waals surface area (Å²) in [7, 11) is 0. The molecule has 4 heteroatoms. The second kappa shape index (κ2) is 12.7. The summed E-state index contributed by atoms with van der Waals surface area (Å²) < 4.78 is 5.16. The fourth-order valence-electron chi connectivity index (χ4n) is 2.68. The average molecular weight is 336 g/mol. The average Bonchev–Trinajstić information content (AvgIpc) is 3.31. The molecule has 0 atom stereocenters. The molecule has 0 saturated carbocycles. The van der Waals surface area contributed by atoms with Gasteiger partial charge >= 0.3 is 5.97 Å². The van der Waals surface area contributed by atoms with Gasteiger partial charge in [0.25, 0.3) is 0 Å². The number of carboxylic acid groups (broad SMARTS) is 1. The molecule has 0 aromatic heterocycles. The number of carboxylic acids is 1. The molecule has 1 rings (SSSR count). The Morgan fingerprint density at radius 1 is 0.917 bits per heavy atom. The van der Waals surface area contributed by atoms with Gasteiger partial charge in [0.1, 0.15) is 5.76 Å². The molecule has 4 nitrogen and oxygen atoms in total. The van der Waals surface area contributed by atoms with Gasteiger partial charge in [-0.2, -0.15) is 0 Å². The van der Waals surface area contributed by atoms with E-state index in [1.807, 2.05) is 0 Å². The lowest BCUT2D eigenvalue weighted by molar-refractivity contribution is -0.131. The van der Waals surface area contributed by atoms with E-state index in [1.165, 1.54) is 63.9 Å². The number of unbranched alkanes of at least 4 members (excludes halogenated alkanes) is 10. The summed E-state index contributed by atoms with van der Waals surface area (Å²) in [6.07, 6.45) is 18.7. The van der Waals surface area contributed by atoms with Gasteiger partial charge in [-0.3, -0.25) is 0 Å². The standard InChI is InChI=1S/C20H32O4/c1-2-3-4-5-6-7-8-9-10-11-12-14-17(21)20-18(24-20)15-13-16-19(22)23/h13,15-16,21H,2-12,14H2,1H3,(H,22,23)/b16-13+,18-15-,20-17+. The summed E-state index contributed by atoms with van der Waals surface area (Å²) in [4.78, 5) is 10.3. The van der Waals surface area contributed by atoms with Crippen LogP contribution in [0.25, 0.3) is 0 Å². The number of aliphatic carboxylic acids is 1. The molecule has 0 aliphatic carbocycles. The molecule has 0 radical (unpaired) electrons. The maximum Gasteiger partial charge on any atom is 0.328 e. The van der Waals surface area contributed by atoms with Crippen molar-refractivity contribution in [2.24, 2.45) is 0 Å². The van der Waals surface area contributed by atoms with E-state index in [9.17, 15) is 9.90 Å². The third kappa shape index (κ3) is 10.1. The van der Waals surface area contributed by atoms with E-state index in [0.29, 0.717) is 17.9 Å². The van der Waals surface area contributed by atoms with Gasteiger partial charge in [0.2, 0.25) is 5.76 Å². The first-order chi connectivity index (χ1) is 11.6. The molecule has 0 spiro atoms. The first kappa shape index (κ1) is 20.3. The molecule has 0 aromatic rings. The second-order valence-corrected chi connectivity index (χ2v) is 6.39. The quantitative estimate of drug-likeness (QED) is 0.176. The highest BCUT2D eigenvalue weighted by Crippen LogP contribution is 2.35. The SMILES string of the molecule is CCCCCCCCCCCCC\C(O)=C1/O/C1=C\C=C\C(=O)O. The number of hydrogen-bond donors (Lipinski definition) is 2. The highest BCUT2D eigenvalue weighted by Gasteiger charge is 2.28. The van der Waals surface area contributed by atoms with Crippen LogP contribution >= 0.6 is 0 Å². The fourth-order valence-corrected chi connectivity index (χ4v) is 2.68. The maximum absolute atomic E-state index is 10.3. The molecule has 1 fully saturated rings. The number of ether oxygens (including phenoxy) is 1. The second-order valence-electron chi connectivity index (χ2n) is 6.39. The summed E-state index contributed by atoms with van der Waals surface area (Å²) in [5.41, 5.74) is 0. The summed E-state index contributed by atoms with van der Waals surface area (Å²) >= 11 is 0. The van der Waals surface area contributed by atoms with Crippen LogP contribution in [0.3, 0.4) is 0 Å². The molecule has 1 saturated heterocycles. The molecule has 1 aliphatic rings. The summed E-state index contributed by atoms with van der Waals surface area (Å²) in [6.45, 7) is 2.25. The summed E-state index contributed by atoms with van der Waals surface area (Å²) in [5, 5.41) is 18.4. The van der Waals surface area contributed by atoms with Crippen molar-refractivity contribution in [3.05, 3.63) is 35.5 Å². The van der Waals surface area contributed by atoms with Crippen LogP contribution in [0.5, 0.6) is 0 Å². The lowest BCUT2D eigenvalue weighted by Gasteiger charge is -2.02. The van der Waals surface area contributed by atoms with Crippen LogP contribution in [0.15, 0.2) is 35.5 Å². The van der Waals surface area contributed by atoms with Crippen molar-refractivity contribution >= 4 is 5.97 Å².